The van der Waals surface area contributed by atoms with Crippen molar-refractivity contribution in [2.75, 3.05) is 19.3 Å². The standard InChI is InChI=1S/C13H16ClFN2O3S/c1-21(19,20)17-6-2-3-10(8-17)16-13(18)11-5-4-9(14)7-12(11)15/h4-5,7,10H,2-3,6,8H2,1H3,(H,16,18). The lowest BCUT2D eigenvalue weighted by Crippen LogP contribution is -2.49. The highest BCUT2D eigenvalue weighted by molar-refractivity contribution is 7.88. The Hall–Kier alpha value is -1.18. The van der Waals surface area contributed by atoms with Crippen molar-refractivity contribution in [2.45, 2.75) is 18.9 Å². The first-order valence-corrected chi connectivity index (χ1v) is 8.71. The van der Waals surface area contributed by atoms with Crippen molar-refractivity contribution in [3.63, 3.8) is 0 Å². The molecule has 1 atom stereocenters. The topological polar surface area (TPSA) is 66.5 Å². The van der Waals surface area contributed by atoms with Crippen LogP contribution in [0.25, 0.3) is 0 Å². The van der Waals surface area contributed by atoms with Gasteiger partial charge in [0.1, 0.15) is 5.82 Å². The number of rotatable bonds is 3. The molecule has 0 spiro atoms. The second-order valence-electron chi connectivity index (χ2n) is 5.06. The summed E-state index contributed by atoms with van der Waals surface area (Å²) in [6.07, 6.45) is 2.45. The third-order valence-corrected chi connectivity index (χ3v) is 4.87. The highest BCUT2D eigenvalue weighted by Gasteiger charge is 2.27. The Bertz CT molecular complexity index is 651. The number of hydrogen-bond donors (Lipinski definition) is 1. The lowest BCUT2D eigenvalue weighted by Gasteiger charge is -2.31. The third-order valence-electron chi connectivity index (χ3n) is 3.36. The van der Waals surface area contributed by atoms with Crippen LogP contribution in [0.5, 0.6) is 0 Å². The predicted molar refractivity (Wildman–Crippen MR) is 78.3 cm³/mol. The van der Waals surface area contributed by atoms with Gasteiger partial charge in [-0.2, -0.15) is 0 Å². The van der Waals surface area contributed by atoms with E-state index in [4.69, 9.17) is 11.6 Å². The SMILES string of the molecule is CS(=O)(=O)N1CCCC(NC(=O)c2ccc(Cl)cc2F)C1. The zero-order chi connectivity index (χ0) is 15.6. The van der Waals surface area contributed by atoms with E-state index in [1.165, 1.54) is 16.4 Å². The summed E-state index contributed by atoms with van der Waals surface area (Å²) < 4.78 is 38.0. The molecule has 0 radical (unpaired) electrons. The number of nitrogens with one attached hydrogen (secondary N) is 1. The van der Waals surface area contributed by atoms with Gasteiger partial charge >= 0.3 is 0 Å². The van der Waals surface area contributed by atoms with E-state index in [1.807, 2.05) is 0 Å². The number of carbonyl (C=O) groups is 1. The molecule has 1 aromatic rings. The molecule has 0 aliphatic carbocycles. The summed E-state index contributed by atoms with van der Waals surface area (Å²) in [7, 11) is -3.28. The van der Waals surface area contributed by atoms with E-state index >= 15 is 0 Å². The molecule has 1 aliphatic heterocycles. The molecule has 8 heteroatoms. The number of carbonyl (C=O) groups excluding carboxylic acids is 1. The Morgan fingerprint density at radius 1 is 1.48 bits per heavy atom. The molecule has 2 rings (SSSR count). The summed E-state index contributed by atoms with van der Waals surface area (Å²) in [6, 6.07) is 3.49. The molecule has 0 bridgehead atoms. The van der Waals surface area contributed by atoms with Crippen molar-refractivity contribution in [3.8, 4) is 0 Å². The number of halogens is 2. The minimum Gasteiger partial charge on any atom is -0.348 e. The second kappa shape index (κ2) is 6.29. The fraction of sp³-hybridized carbons (Fsp3) is 0.462. The van der Waals surface area contributed by atoms with Gasteiger partial charge in [-0.25, -0.2) is 17.1 Å². The highest BCUT2D eigenvalue weighted by Crippen LogP contribution is 2.17. The van der Waals surface area contributed by atoms with Crippen molar-refractivity contribution < 1.29 is 17.6 Å². The Labute approximate surface area is 128 Å². The first kappa shape index (κ1) is 16.2. The molecule has 0 aromatic heterocycles. The first-order chi connectivity index (χ1) is 9.77. The predicted octanol–water partition coefficient (Wildman–Crippen LogP) is 1.63. The zero-order valence-electron chi connectivity index (χ0n) is 11.5. The summed E-state index contributed by atoms with van der Waals surface area (Å²) in [5.41, 5.74) is -0.101. The van der Waals surface area contributed by atoms with Crippen LogP contribution in [0.2, 0.25) is 5.02 Å². The number of hydrogen-bond acceptors (Lipinski definition) is 3. The van der Waals surface area contributed by atoms with Crippen LogP contribution in [0.3, 0.4) is 0 Å². The second-order valence-corrected chi connectivity index (χ2v) is 7.48. The van der Waals surface area contributed by atoms with Crippen LogP contribution in [0.1, 0.15) is 23.2 Å². The van der Waals surface area contributed by atoms with Crippen LogP contribution in [0.15, 0.2) is 18.2 Å². The van der Waals surface area contributed by atoms with Crippen LogP contribution >= 0.6 is 11.6 Å². The quantitative estimate of drug-likeness (QED) is 0.913. The van der Waals surface area contributed by atoms with Crippen molar-refractivity contribution in [2.24, 2.45) is 0 Å². The number of sulfonamides is 1. The summed E-state index contributed by atoms with van der Waals surface area (Å²) in [5, 5.41) is 2.88. The van der Waals surface area contributed by atoms with Crippen molar-refractivity contribution in [1.29, 1.82) is 0 Å². The third kappa shape index (κ3) is 4.15. The van der Waals surface area contributed by atoms with Crippen LogP contribution in [-0.2, 0) is 10.0 Å². The number of amides is 1. The lowest BCUT2D eigenvalue weighted by atomic mass is 10.1. The van der Waals surface area contributed by atoms with Gasteiger partial charge in [0.25, 0.3) is 5.91 Å². The van der Waals surface area contributed by atoms with Gasteiger partial charge in [0.15, 0.2) is 0 Å². The molecule has 1 amide bonds. The Balaban J connectivity index is 2.05. The molecule has 1 aromatic carbocycles. The molecule has 1 unspecified atom stereocenters. The molecule has 1 N–H and O–H groups in total. The van der Waals surface area contributed by atoms with Crippen molar-refractivity contribution >= 4 is 27.5 Å². The van der Waals surface area contributed by atoms with Gasteiger partial charge in [0.05, 0.1) is 11.8 Å². The zero-order valence-corrected chi connectivity index (χ0v) is 13.0. The lowest BCUT2D eigenvalue weighted by molar-refractivity contribution is 0.0917. The normalized spacial score (nSPS) is 20.2. The summed E-state index contributed by atoms with van der Waals surface area (Å²) in [6.45, 7) is 0.653. The highest BCUT2D eigenvalue weighted by atomic mass is 35.5. The molecule has 21 heavy (non-hydrogen) atoms. The van der Waals surface area contributed by atoms with E-state index in [9.17, 15) is 17.6 Å². The van der Waals surface area contributed by atoms with Gasteiger partial charge in [0.2, 0.25) is 10.0 Å². The van der Waals surface area contributed by atoms with Gasteiger partial charge in [-0.05, 0) is 31.0 Å². The van der Waals surface area contributed by atoms with Crippen molar-refractivity contribution in [1.82, 2.24) is 9.62 Å². The molecule has 0 saturated carbocycles. The first-order valence-electron chi connectivity index (χ1n) is 6.48. The van der Waals surface area contributed by atoms with Crippen LogP contribution in [0, 0.1) is 5.82 Å². The minimum atomic E-state index is -3.28. The monoisotopic (exact) mass is 334 g/mol. The van der Waals surface area contributed by atoms with Gasteiger partial charge in [-0.1, -0.05) is 11.6 Å². The largest absolute Gasteiger partial charge is 0.348 e. The minimum absolute atomic E-state index is 0.101. The van der Waals surface area contributed by atoms with E-state index < -0.39 is 21.7 Å². The molecule has 116 valence electrons. The molecule has 1 aliphatic rings. The van der Waals surface area contributed by atoms with Gasteiger partial charge in [-0.15, -0.1) is 0 Å². The van der Waals surface area contributed by atoms with E-state index in [1.54, 1.807) is 0 Å². The maximum atomic E-state index is 13.7. The summed E-state index contributed by atoms with van der Waals surface area (Å²) >= 11 is 5.64. The number of nitrogens with zero attached hydrogens (tertiary/aromatic N) is 1. The maximum Gasteiger partial charge on any atom is 0.254 e. The summed E-state index contributed by atoms with van der Waals surface area (Å²) in [4.78, 5) is 12.0. The molecular formula is C13H16ClFN2O3S. The Kier molecular flexibility index (Phi) is 4.85. The van der Waals surface area contributed by atoms with E-state index in [0.29, 0.717) is 19.4 Å². The number of piperidine rings is 1. The van der Waals surface area contributed by atoms with Crippen LogP contribution in [0.4, 0.5) is 4.39 Å². The Morgan fingerprint density at radius 2 is 2.19 bits per heavy atom. The van der Waals surface area contributed by atoms with E-state index in [-0.39, 0.29) is 23.2 Å². The average molecular weight is 335 g/mol. The van der Waals surface area contributed by atoms with Crippen LogP contribution < -0.4 is 5.32 Å². The van der Waals surface area contributed by atoms with Gasteiger partial charge in [-0.3, -0.25) is 4.79 Å². The number of benzene rings is 1. The fourth-order valence-corrected chi connectivity index (χ4v) is 3.37. The van der Waals surface area contributed by atoms with Gasteiger partial charge in [0, 0.05) is 24.2 Å². The average Bonchev–Trinajstić information content (AvgIpc) is 2.37. The molecule has 1 saturated heterocycles. The molecule has 5 nitrogen and oxygen atoms in total. The van der Waals surface area contributed by atoms with Crippen LogP contribution in [-0.4, -0.2) is 44.0 Å². The fourth-order valence-electron chi connectivity index (χ4n) is 2.30. The van der Waals surface area contributed by atoms with E-state index in [2.05, 4.69) is 5.32 Å². The smallest absolute Gasteiger partial charge is 0.254 e. The van der Waals surface area contributed by atoms with E-state index in [0.717, 1.165) is 12.3 Å². The molecule has 1 heterocycles. The molecule has 1 fully saturated rings. The molecular weight excluding hydrogens is 319 g/mol. The summed E-state index contributed by atoms with van der Waals surface area (Å²) in [5.74, 6) is -1.26. The van der Waals surface area contributed by atoms with Crippen molar-refractivity contribution in [3.05, 3.63) is 34.6 Å². The Morgan fingerprint density at radius 3 is 2.81 bits per heavy atom. The van der Waals surface area contributed by atoms with Gasteiger partial charge < -0.3 is 5.32 Å². The maximum absolute atomic E-state index is 13.7.